The molecule has 1 atom stereocenters. The Morgan fingerprint density at radius 1 is 0.735 bits per heavy atom. The fourth-order valence-corrected chi connectivity index (χ4v) is 4.29. The summed E-state index contributed by atoms with van der Waals surface area (Å²) >= 11 is 0. The van der Waals surface area contributed by atoms with Crippen LogP contribution >= 0.6 is 0 Å². The second-order valence-electron chi connectivity index (χ2n) is 10.4. The molecule has 0 amide bonds. The van der Waals surface area contributed by atoms with Gasteiger partial charge in [-0.05, 0) is 47.0 Å². The number of rotatable bonds is 11. The first kappa shape index (κ1) is 26.2. The van der Waals surface area contributed by atoms with Crippen LogP contribution in [0, 0.1) is 0 Å². The third-order valence-corrected chi connectivity index (χ3v) is 11.0. The quantitative estimate of drug-likeness (QED) is 0.312. The molecule has 0 fully saturated rings. The molecule has 3 rings (SSSR count). The molecule has 0 aliphatic heterocycles. The fraction of sp³-hybridized carbons (Fsp3) is 0.379. The van der Waals surface area contributed by atoms with Crippen LogP contribution in [0.25, 0.3) is 0 Å². The molecule has 5 heteroatoms. The Morgan fingerprint density at radius 3 is 1.91 bits per heavy atom. The van der Waals surface area contributed by atoms with Gasteiger partial charge in [-0.25, -0.2) is 0 Å². The lowest BCUT2D eigenvalue weighted by Crippen LogP contribution is -2.46. The molecule has 182 valence electrons. The number of hydrogen-bond donors (Lipinski definition) is 1. The van der Waals surface area contributed by atoms with Gasteiger partial charge >= 0.3 is 0 Å². The van der Waals surface area contributed by atoms with Crippen LogP contribution < -0.4 is 4.74 Å². The normalized spacial score (nSPS) is 13.9. The number of hydrogen-bond acceptors (Lipinski definition) is 4. The monoisotopic (exact) mass is 478 g/mol. The standard InChI is InChI=1S/C29H38O4Si/c1-28(2,3)34(4,5)33-23-29(30,22-31-20-24-13-8-6-9-14-24)26-17-12-18-27(19-26)32-21-25-15-10-7-11-16-25/h6-19,30H,20-23H2,1-5H3. The van der Waals surface area contributed by atoms with Crippen molar-refractivity contribution in [2.45, 2.75) is 57.7 Å². The van der Waals surface area contributed by atoms with Gasteiger partial charge in [-0.2, -0.15) is 0 Å². The minimum Gasteiger partial charge on any atom is -0.489 e. The van der Waals surface area contributed by atoms with Crippen LogP contribution in [0.4, 0.5) is 0 Å². The maximum Gasteiger partial charge on any atom is 0.192 e. The SMILES string of the molecule is CC(C)(C)[Si](C)(C)OCC(O)(COCc1ccccc1)c1cccc(OCc2ccccc2)c1. The van der Waals surface area contributed by atoms with Crippen molar-refractivity contribution in [3.05, 3.63) is 102 Å². The Hall–Kier alpha value is -2.44. The zero-order valence-corrected chi connectivity index (χ0v) is 22.1. The Kier molecular flexibility index (Phi) is 8.71. The first-order chi connectivity index (χ1) is 16.1. The van der Waals surface area contributed by atoms with Crippen molar-refractivity contribution in [2.24, 2.45) is 0 Å². The Morgan fingerprint density at radius 2 is 1.32 bits per heavy atom. The summed E-state index contributed by atoms with van der Waals surface area (Å²) < 4.78 is 18.5. The van der Waals surface area contributed by atoms with E-state index in [1.54, 1.807) is 0 Å². The van der Waals surface area contributed by atoms with Gasteiger partial charge in [-0.15, -0.1) is 0 Å². The molecule has 1 N–H and O–H groups in total. The van der Waals surface area contributed by atoms with Crippen molar-refractivity contribution in [1.82, 2.24) is 0 Å². The van der Waals surface area contributed by atoms with Gasteiger partial charge in [0.1, 0.15) is 18.0 Å². The first-order valence-corrected chi connectivity index (χ1v) is 14.8. The van der Waals surface area contributed by atoms with Crippen LogP contribution in [0.15, 0.2) is 84.9 Å². The van der Waals surface area contributed by atoms with Crippen molar-refractivity contribution < 1.29 is 19.0 Å². The highest BCUT2D eigenvalue weighted by molar-refractivity contribution is 6.74. The van der Waals surface area contributed by atoms with Crippen molar-refractivity contribution in [2.75, 3.05) is 13.2 Å². The molecule has 3 aromatic rings. The number of benzene rings is 3. The molecule has 4 nitrogen and oxygen atoms in total. The Labute approximate surface area is 205 Å². The van der Waals surface area contributed by atoms with Crippen LogP contribution in [0.5, 0.6) is 5.75 Å². The van der Waals surface area contributed by atoms with E-state index in [0.29, 0.717) is 19.0 Å². The second-order valence-corrected chi connectivity index (χ2v) is 15.2. The lowest BCUT2D eigenvalue weighted by Gasteiger charge is -2.39. The van der Waals surface area contributed by atoms with Crippen LogP contribution in [-0.4, -0.2) is 26.6 Å². The zero-order valence-electron chi connectivity index (χ0n) is 21.1. The highest BCUT2D eigenvalue weighted by Crippen LogP contribution is 2.38. The summed E-state index contributed by atoms with van der Waals surface area (Å²) in [6, 6.07) is 27.7. The van der Waals surface area contributed by atoms with Gasteiger partial charge in [0.05, 0.1) is 19.8 Å². The molecule has 0 aliphatic carbocycles. The van der Waals surface area contributed by atoms with E-state index in [2.05, 4.69) is 33.9 Å². The molecule has 3 aromatic carbocycles. The lowest BCUT2D eigenvalue weighted by atomic mass is 9.95. The predicted molar refractivity (Wildman–Crippen MR) is 140 cm³/mol. The van der Waals surface area contributed by atoms with E-state index in [1.807, 2.05) is 84.9 Å². The summed E-state index contributed by atoms with van der Waals surface area (Å²) in [5.74, 6) is 0.704. The van der Waals surface area contributed by atoms with Crippen LogP contribution in [0.1, 0.15) is 37.5 Å². The summed E-state index contributed by atoms with van der Waals surface area (Å²) in [5.41, 5.74) is 1.59. The van der Waals surface area contributed by atoms with Gasteiger partial charge in [0, 0.05) is 0 Å². The molecule has 0 aromatic heterocycles. The van der Waals surface area contributed by atoms with Crippen LogP contribution in [-0.2, 0) is 28.0 Å². The summed E-state index contributed by atoms with van der Waals surface area (Å²) in [5, 5.41) is 11.9. The van der Waals surface area contributed by atoms with Gasteiger partial charge in [0.2, 0.25) is 0 Å². The van der Waals surface area contributed by atoms with Crippen LogP contribution in [0.2, 0.25) is 18.1 Å². The molecule has 0 radical (unpaired) electrons. The number of ether oxygens (including phenoxy) is 2. The third-order valence-electron chi connectivity index (χ3n) is 6.55. The van der Waals surface area contributed by atoms with E-state index in [1.165, 1.54) is 0 Å². The van der Waals surface area contributed by atoms with Crippen LogP contribution in [0.3, 0.4) is 0 Å². The molecule has 0 saturated heterocycles. The highest BCUT2D eigenvalue weighted by Gasteiger charge is 2.40. The predicted octanol–water partition coefficient (Wildman–Crippen LogP) is 6.69. The van der Waals surface area contributed by atoms with E-state index in [-0.39, 0.29) is 18.3 Å². The number of aliphatic hydroxyl groups is 1. The zero-order chi connectivity index (χ0) is 24.7. The average Bonchev–Trinajstić information content (AvgIpc) is 2.82. The molecule has 0 bridgehead atoms. The van der Waals surface area contributed by atoms with E-state index in [0.717, 1.165) is 16.7 Å². The minimum atomic E-state index is -2.07. The van der Waals surface area contributed by atoms with E-state index in [9.17, 15) is 5.11 Å². The minimum absolute atomic E-state index is 0.0411. The van der Waals surface area contributed by atoms with Gasteiger partial charge < -0.3 is 19.0 Å². The topological polar surface area (TPSA) is 47.9 Å². The van der Waals surface area contributed by atoms with Crippen molar-refractivity contribution in [3.8, 4) is 5.75 Å². The smallest absolute Gasteiger partial charge is 0.192 e. The van der Waals surface area contributed by atoms with E-state index < -0.39 is 13.9 Å². The molecule has 0 saturated carbocycles. The summed E-state index contributed by atoms with van der Waals surface area (Å²) in [6.07, 6.45) is 0. The van der Waals surface area contributed by atoms with Crippen molar-refractivity contribution in [3.63, 3.8) is 0 Å². The van der Waals surface area contributed by atoms with Crippen molar-refractivity contribution >= 4 is 8.32 Å². The Bertz CT molecular complexity index is 1020. The maximum atomic E-state index is 11.8. The van der Waals surface area contributed by atoms with Gasteiger partial charge in [0.15, 0.2) is 8.32 Å². The van der Waals surface area contributed by atoms with Gasteiger partial charge in [0.25, 0.3) is 0 Å². The van der Waals surface area contributed by atoms with Gasteiger partial charge in [-0.3, -0.25) is 0 Å². The molecule has 0 aliphatic rings. The molecule has 1 unspecified atom stereocenters. The largest absolute Gasteiger partial charge is 0.489 e. The lowest BCUT2D eigenvalue weighted by molar-refractivity contribution is -0.0838. The first-order valence-electron chi connectivity index (χ1n) is 11.8. The maximum absolute atomic E-state index is 11.8. The summed E-state index contributed by atoms with van der Waals surface area (Å²) in [6.45, 7) is 12.2. The van der Waals surface area contributed by atoms with Gasteiger partial charge in [-0.1, -0.05) is 93.6 Å². The average molecular weight is 479 g/mol. The summed E-state index contributed by atoms with van der Waals surface area (Å²) in [7, 11) is -2.07. The fourth-order valence-electron chi connectivity index (χ4n) is 3.25. The highest BCUT2D eigenvalue weighted by atomic mass is 28.4. The molecular weight excluding hydrogens is 440 g/mol. The van der Waals surface area contributed by atoms with E-state index in [4.69, 9.17) is 13.9 Å². The molecule has 0 spiro atoms. The second kappa shape index (κ2) is 11.3. The molecular formula is C29H38O4Si. The molecule has 34 heavy (non-hydrogen) atoms. The van der Waals surface area contributed by atoms with E-state index >= 15 is 0 Å². The van der Waals surface area contributed by atoms with Crippen molar-refractivity contribution in [1.29, 1.82) is 0 Å². The third kappa shape index (κ3) is 7.28. The Balaban J connectivity index is 1.77. The molecule has 0 heterocycles. The summed E-state index contributed by atoms with van der Waals surface area (Å²) in [4.78, 5) is 0.